The number of hydrogen-bond donors (Lipinski definition) is 2. The van der Waals surface area contributed by atoms with E-state index in [1.807, 2.05) is 0 Å². The average Bonchev–Trinajstić information content (AvgIpc) is 2.59. The molecule has 0 heterocycles. The molecule has 0 fully saturated rings. The second kappa shape index (κ2) is 9.10. The third-order valence-corrected chi connectivity index (χ3v) is 4.78. The molecule has 0 aromatic heterocycles. The largest absolute Gasteiger partial charge is 0.495 e. The van der Waals surface area contributed by atoms with Gasteiger partial charge in [-0.05, 0) is 58.5 Å². The van der Waals surface area contributed by atoms with Crippen LogP contribution in [-0.4, -0.2) is 18.1 Å². The van der Waals surface area contributed by atoms with E-state index >= 15 is 0 Å². The first-order valence-corrected chi connectivity index (χ1v) is 9.66. The second-order valence-corrected chi connectivity index (χ2v) is 7.85. The van der Waals surface area contributed by atoms with Crippen LogP contribution in [0, 0.1) is 0 Å². The maximum atomic E-state index is 12.9. The van der Waals surface area contributed by atoms with Crippen molar-refractivity contribution in [3.05, 3.63) is 56.0 Å². The molecule has 30 heavy (non-hydrogen) atoms. The molecule has 0 spiro atoms. The summed E-state index contributed by atoms with van der Waals surface area (Å²) in [5, 5.41) is 3.85. The van der Waals surface area contributed by atoms with E-state index in [9.17, 15) is 31.1 Å². The first kappa shape index (κ1) is 24.4. The van der Waals surface area contributed by atoms with Crippen LogP contribution in [-0.2, 0) is 12.4 Å². The zero-order chi connectivity index (χ0) is 22.9. The topological polar surface area (TPSA) is 50.4 Å². The molecule has 4 nitrogen and oxygen atoms in total. The van der Waals surface area contributed by atoms with Crippen LogP contribution in [0.5, 0.6) is 5.75 Å². The number of anilines is 1. The van der Waals surface area contributed by atoms with Crippen molar-refractivity contribution < 1.29 is 35.9 Å². The lowest BCUT2D eigenvalue weighted by molar-refractivity contribution is -0.143. The number of ether oxygens (including phenoxy) is 1. The molecule has 0 aliphatic rings. The minimum atomic E-state index is -5.02. The zero-order valence-electron chi connectivity index (χ0n) is 14.6. The van der Waals surface area contributed by atoms with Gasteiger partial charge in [0.15, 0.2) is 5.11 Å². The third kappa shape index (κ3) is 6.08. The lowest BCUT2D eigenvalue weighted by atomic mass is 10.1. The summed E-state index contributed by atoms with van der Waals surface area (Å²) in [5.74, 6) is -0.647. The van der Waals surface area contributed by atoms with Gasteiger partial charge in [-0.15, -0.1) is 0 Å². The zero-order valence-corrected chi connectivity index (χ0v) is 18.6. The number of alkyl halides is 6. The van der Waals surface area contributed by atoms with E-state index < -0.39 is 40.2 Å². The molecular formula is C17H10Br2F6N2O2S. The Bertz CT molecular complexity index is 963. The van der Waals surface area contributed by atoms with Crippen LogP contribution in [0.25, 0.3) is 0 Å². The molecule has 0 saturated carbocycles. The summed E-state index contributed by atoms with van der Waals surface area (Å²) >= 11 is 11.3. The fraction of sp³-hybridized carbons (Fsp3) is 0.176. The summed E-state index contributed by atoms with van der Waals surface area (Å²) < 4.78 is 83.7. The SMILES string of the molecule is COc1c(Br)cc(Br)cc1C(=O)NC(=S)Nc1cc(C(F)(F)F)cc(C(F)(F)F)c1. The van der Waals surface area contributed by atoms with E-state index in [4.69, 9.17) is 17.0 Å². The summed E-state index contributed by atoms with van der Waals surface area (Å²) in [6.45, 7) is 0. The van der Waals surface area contributed by atoms with E-state index in [0.717, 1.165) is 0 Å². The number of thiocarbonyl (C=S) groups is 1. The Kier molecular flexibility index (Phi) is 7.41. The quantitative estimate of drug-likeness (QED) is 0.327. The van der Waals surface area contributed by atoms with Crippen LogP contribution in [0.15, 0.2) is 39.3 Å². The minimum absolute atomic E-state index is 0.0166. The Morgan fingerprint density at radius 3 is 1.97 bits per heavy atom. The Morgan fingerprint density at radius 1 is 0.967 bits per heavy atom. The Balaban J connectivity index is 2.30. The van der Waals surface area contributed by atoms with Crippen molar-refractivity contribution in [2.45, 2.75) is 12.4 Å². The number of carbonyl (C=O) groups excluding carboxylic acids is 1. The number of carbonyl (C=O) groups is 1. The van der Waals surface area contributed by atoms with Crippen LogP contribution in [0.1, 0.15) is 21.5 Å². The van der Waals surface area contributed by atoms with E-state index in [1.54, 1.807) is 6.07 Å². The molecule has 0 atom stereocenters. The molecule has 2 aromatic carbocycles. The third-order valence-electron chi connectivity index (χ3n) is 3.53. The molecule has 2 N–H and O–H groups in total. The molecular weight excluding hydrogens is 570 g/mol. The van der Waals surface area contributed by atoms with Crippen LogP contribution >= 0.6 is 44.1 Å². The Labute approximate surface area is 188 Å². The van der Waals surface area contributed by atoms with Crippen LogP contribution in [0.4, 0.5) is 32.0 Å². The Morgan fingerprint density at radius 2 is 1.50 bits per heavy atom. The van der Waals surface area contributed by atoms with E-state index in [2.05, 4.69) is 42.5 Å². The fourth-order valence-corrected chi connectivity index (χ4v) is 3.89. The number of halogens is 8. The van der Waals surface area contributed by atoms with Crippen molar-refractivity contribution in [2.75, 3.05) is 12.4 Å². The molecule has 2 aromatic rings. The monoisotopic (exact) mass is 578 g/mol. The molecule has 0 radical (unpaired) electrons. The molecule has 0 aliphatic carbocycles. The first-order chi connectivity index (χ1) is 13.7. The number of amides is 1. The molecule has 0 bridgehead atoms. The van der Waals surface area contributed by atoms with E-state index in [-0.39, 0.29) is 17.4 Å². The molecule has 1 amide bonds. The highest BCUT2D eigenvalue weighted by Crippen LogP contribution is 2.37. The van der Waals surface area contributed by atoms with E-state index in [1.165, 1.54) is 13.2 Å². The predicted molar refractivity (Wildman–Crippen MR) is 109 cm³/mol. The highest BCUT2D eigenvalue weighted by atomic mass is 79.9. The number of methoxy groups -OCH3 is 1. The lowest BCUT2D eigenvalue weighted by Gasteiger charge is -2.16. The van der Waals surface area contributed by atoms with Crippen LogP contribution in [0.3, 0.4) is 0 Å². The van der Waals surface area contributed by atoms with Gasteiger partial charge < -0.3 is 10.1 Å². The van der Waals surface area contributed by atoms with Crippen LogP contribution < -0.4 is 15.4 Å². The lowest BCUT2D eigenvalue weighted by Crippen LogP contribution is -2.34. The number of rotatable bonds is 3. The Hall–Kier alpha value is -1.86. The molecule has 0 aliphatic heterocycles. The smallest absolute Gasteiger partial charge is 0.416 e. The van der Waals surface area contributed by atoms with E-state index in [0.29, 0.717) is 21.1 Å². The molecule has 0 unspecified atom stereocenters. The second-order valence-electron chi connectivity index (χ2n) is 5.67. The van der Waals surface area contributed by atoms with Gasteiger partial charge in [0.25, 0.3) is 5.91 Å². The fourth-order valence-electron chi connectivity index (χ4n) is 2.30. The van der Waals surface area contributed by atoms with Gasteiger partial charge in [-0.1, -0.05) is 15.9 Å². The molecule has 162 valence electrons. The van der Waals surface area contributed by atoms with Gasteiger partial charge in [0, 0.05) is 10.2 Å². The number of hydrogen-bond acceptors (Lipinski definition) is 3. The summed E-state index contributed by atoms with van der Waals surface area (Å²) in [4.78, 5) is 12.5. The summed E-state index contributed by atoms with van der Waals surface area (Å²) in [6.07, 6.45) is -10.0. The van der Waals surface area contributed by atoms with Gasteiger partial charge >= 0.3 is 12.4 Å². The molecule has 0 saturated heterocycles. The average molecular weight is 580 g/mol. The number of nitrogens with one attached hydrogen (secondary N) is 2. The summed E-state index contributed by atoms with van der Waals surface area (Å²) in [5.41, 5.74) is -3.62. The van der Waals surface area contributed by atoms with Gasteiger partial charge in [0.2, 0.25) is 0 Å². The van der Waals surface area contributed by atoms with Gasteiger partial charge in [0.1, 0.15) is 5.75 Å². The van der Waals surface area contributed by atoms with Crippen LogP contribution in [0.2, 0.25) is 0 Å². The number of benzene rings is 2. The van der Waals surface area contributed by atoms with Gasteiger partial charge in [-0.2, -0.15) is 26.3 Å². The van der Waals surface area contributed by atoms with Gasteiger partial charge in [0.05, 0.1) is 28.3 Å². The van der Waals surface area contributed by atoms with Crippen molar-refractivity contribution in [1.82, 2.24) is 5.32 Å². The normalized spacial score (nSPS) is 11.8. The molecule has 13 heteroatoms. The van der Waals surface area contributed by atoms with Gasteiger partial charge in [-0.25, -0.2) is 0 Å². The predicted octanol–water partition coefficient (Wildman–Crippen LogP) is 6.38. The standard InChI is InChI=1S/C17H10Br2F6N2O2S/c1-29-13-11(5-9(18)6-12(13)19)14(28)27-15(30)26-10-3-7(16(20,21)22)2-8(4-10)17(23,24)25/h2-6H,1H3,(H2,26,27,28,30). The summed E-state index contributed by atoms with van der Waals surface area (Å²) in [7, 11) is 1.31. The minimum Gasteiger partial charge on any atom is -0.495 e. The summed E-state index contributed by atoms with van der Waals surface area (Å²) in [6, 6.07) is 3.88. The first-order valence-electron chi connectivity index (χ1n) is 7.67. The van der Waals surface area contributed by atoms with Crippen molar-refractivity contribution in [3.63, 3.8) is 0 Å². The maximum absolute atomic E-state index is 12.9. The highest BCUT2D eigenvalue weighted by molar-refractivity contribution is 9.11. The maximum Gasteiger partial charge on any atom is 0.416 e. The van der Waals surface area contributed by atoms with Crippen molar-refractivity contribution in [2.24, 2.45) is 0 Å². The van der Waals surface area contributed by atoms with Crippen molar-refractivity contribution in [1.29, 1.82) is 0 Å². The van der Waals surface area contributed by atoms with Crippen molar-refractivity contribution in [3.8, 4) is 5.75 Å². The van der Waals surface area contributed by atoms with Crippen molar-refractivity contribution >= 4 is 60.8 Å². The highest BCUT2D eigenvalue weighted by Gasteiger charge is 2.37. The molecule has 2 rings (SSSR count). The van der Waals surface area contributed by atoms with Gasteiger partial charge in [-0.3, -0.25) is 10.1 Å².